The molecular weight excluding hydrogens is 206 g/mol. The summed E-state index contributed by atoms with van der Waals surface area (Å²) in [5, 5.41) is 3.37. The summed E-state index contributed by atoms with van der Waals surface area (Å²) in [4.78, 5) is 0. The minimum absolute atomic E-state index is 1.10. The fourth-order valence-electron chi connectivity index (χ4n) is 2.07. The molecule has 0 amide bonds. The highest BCUT2D eigenvalue weighted by molar-refractivity contribution is 5.29. The second kappa shape index (κ2) is 8.30. The van der Waals surface area contributed by atoms with Gasteiger partial charge >= 0.3 is 0 Å². The van der Waals surface area contributed by atoms with E-state index in [-0.39, 0.29) is 0 Å². The van der Waals surface area contributed by atoms with Crippen LogP contribution in [0.2, 0.25) is 0 Å². The Morgan fingerprint density at radius 1 is 0.941 bits per heavy atom. The second-order valence-corrected chi connectivity index (χ2v) is 4.94. The van der Waals surface area contributed by atoms with Gasteiger partial charge in [0.25, 0.3) is 0 Å². The molecule has 0 saturated heterocycles. The number of unbranched alkanes of at least 4 members (excludes halogenated alkanes) is 3. The van der Waals surface area contributed by atoms with Gasteiger partial charge in [0.2, 0.25) is 0 Å². The Morgan fingerprint density at radius 3 is 2.41 bits per heavy atom. The van der Waals surface area contributed by atoms with Crippen LogP contribution in [0.15, 0.2) is 18.2 Å². The van der Waals surface area contributed by atoms with Crippen molar-refractivity contribution in [3.63, 3.8) is 0 Å². The predicted octanol–water partition coefficient (Wildman–Crippen LogP) is 4.02. The van der Waals surface area contributed by atoms with Crippen LogP contribution in [0, 0.1) is 13.8 Å². The Hall–Kier alpha value is -0.820. The fourth-order valence-corrected chi connectivity index (χ4v) is 2.07. The Labute approximate surface area is 107 Å². The maximum atomic E-state index is 3.37. The van der Waals surface area contributed by atoms with Gasteiger partial charge < -0.3 is 5.32 Å². The van der Waals surface area contributed by atoms with Gasteiger partial charge in [-0.3, -0.25) is 0 Å². The summed E-state index contributed by atoms with van der Waals surface area (Å²) in [7, 11) is 0. The Morgan fingerprint density at radius 2 is 1.71 bits per heavy atom. The quantitative estimate of drug-likeness (QED) is 0.669. The third-order valence-corrected chi connectivity index (χ3v) is 3.39. The molecule has 0 heterocycles. The lowest BCUT2D eigenvalue weighted by Gasteiger charge is -2.05. The van der Waals surface area contributed by atoms with E-state index in [1.807, 2.05) is 0 Å². The molecule has 0 aromatic heterocycles. The topological polar surface area (TPSA) is 12.0 Å². The van der Waals surface area contributed by atoms with Gasteiger partial charge in [-0.05, 0) is 62.9 Å². The molecule has 0 aliphatic heterocycles. The molecule has 1 heteroatoms. The van der Waals surface area contributed by atoms with Crippen LogP contribution in [0.1, 0.15) is 49.3 Å². The molecule has 0 aliphatic carbocycles. The molecule has 1 aromatic rings. The van der Waals surface area contributed by atoms with Crippen LogP contribution in [0.5, 0.6) is 0 Å². The first-order valence-corrected chi connectivity index (χ1v) is 7.01. The lowest BCUT2D eigenvalue weighted by Crippen LogP contribution is -2.13. The molecule has 0 radical (unpaired) electrons. The van der Waals surface area contributed by atoms with E-state index in [1.165, 1.54) is 55.3 Å². The van der Waals surface area contributed by atoms with Crippen molar-refractivity contribution in [2.24, 2.45) is 0 Å². The first kappa shape index (κ1) is 14.2. The average Bonchev–Trinajstić information content (AvgIpc) is 2.32. The van der Waals surface area contributed by atoms with Crippen LogP contribution >= 0.6 is 0 Å². The molecule has 0 atom stereocenters. The van der Waals surface area contributed by atoms with Crippen LogP contribution in [-0.4, -0.2) is 13.1 Å². The highest BCUT2D eigenvalue weighted by Crippen LogP contribution is 2.13. The lowest BCUT2D eigenvalue weighted by molar-refractivity contribution is 0.598. The van der Waals surface area contributed by atoms with Crippen molar-refractivity contribution in [2.75, 3.05) is 13.1 Å². The standard InChI is InChI=1S/C16H27N/c1-4-17-12-8-6-5-7-9-16-11-10-14(2)15(3)13-16/h10-11,13,17H,4-9,12H2,1-3H3. The maximum Gasteiger partial charge on any atom is -0.00490 e. The van der Waals surface area contributed by atoms with Gasteiger partial charge in [-0.25, -0.2) is 0 Å². The van der Waals surface area contributed by atoms with E-state index < -0.39 is 0 Å². The van der Waals surface area contributed by atoms with E-state index in [0.717, 1.165) is 6.54 Å². The number of nitrogens with one attached hydrogen (secondary N) is 1. The molecule has 1 aromatic carbocycles. The van der Waals surface area contributed by atoms with Crippen LogP contribution in [-0.2, 0) is 6.42 Å². The third kappa shape index (κ3) is 5.88. The first-order valence-electron chi connectivity index (χ1n) is 7.01. The molecule has 17 heavy (non-hydrogen) atoms. The van der Waals surface area contributed by atoms with Crippen molar-refractivity contribution in [2.45, 2.75) is 52.9 Å². The van der Waals surface area contributed by atoms with E-state index in [0.29, 0.717) is 0 Å². The highest BCUT2D eigenvalue weighted by atomic mass is 14.8. The third-order valence-electron chi connectivity index (χ3n) is 3.39. The molecular formula is C16H27N. The molecule has 0 saturated carbocycles. The maximum absolute atomic E-state index is 3.37. The van der Waals surface area contributed by atoms with Crippen LogP contribution in [0.25, 0.3) is 0 Å². The minimum atomic E-state index is 1.10. The summed E-state index contributed by atoms with van der Waals surface area (Å²) in [5.41, 5.74) is 4.33. The summed E-state index contributed by atoms with van der Waals surface area (Å²) in [6.45, 7) is 8.83. The summed E-state index contributed by atoms with van der Waals surface area (Å²) in [6, 6.07) is 6.87. The van der Waals surface area contributed by atoms with E-state index in [1.54, 1.807) is 0 Å². The van der Waals surface area contributed by atoms with Gasteiger partial charge in [0.15, 0.2) is 0 Å². The van der Waals surface area contributed by atoms with E-state index in [2.05, 4.69) is 44.3 Å². The van der Waals surface area contributed by atoms with E-state index >= 15 is 0 Å². The predicted molar refractivity (Wildman–Crippen MR) is 76.6 cm³/mol. The largest absolute Gasteiger partial charge is 0.317 e. The smallest absolute Gasteiger partial charge is 0.00490 e. The molecule has 96 valence electrons. The molecule has 1 N–H and O–H groups in total. The number of aryl methyl sites for hydroxylation is 3. The SMILES string of the molecule is CCNCCCCCCc1ccc(C)c(C)c1. The van der Waals surface area contributed by atoms with Gasteiger partial charge in [0, 0.05) is 0 Å². The number of hydrogen-bond donors (Lipinski definition) is 1. The fraction of sp³-hybridized carbons (Fsp3) is 0.625. The minimum Gasteiger partial charge on any atom is -0.317 e. The molecule has 0 aliphatic rings. The Bertz CT molecular complexity index is 317. The van der Waals surface area contributed by atoms with Crippen molar-refractivity contribution in [1.82, 2.24) is 5.32 Å². The number of benzene rings is 1. The monoisotopic (exact) mass is 233 g/mol. The summed E-state index contributed by atoms with van der Waals surface area (Å²) in [6.07, 6.45) is 6.61. The molecule has 0 spiro atoms. The van der Waals surface area contributed by atoms with Crippen molar-refractivity contribution < 1.29 is 0 Å². The molecule has 0 fully saturated rings. The van der Waals surface area contributed by atoms with Crippen LogP contribution < -0.4 is 5.32 Å². The van der Waals surface area contributed by atoms with Crippen molar-refractivity contribution in [1.29, 1.82) is 0 Å². The number of rotatable bonds is 8. The Kier molecular flexibility index (Phi) is 6.95. The molecule has 1 nitrogen and oxygen atoms in total. The summed E-state index contributed by atoms with van der Waals surface area (Å²) in [5.74, 6) is 0. The lowest BCUT2D eigenvalue weighted by atomic mass is 10.0. The average molecular weight is 233 g/mol. The van der Waals surface area contributed by atoms with Crippen molar-refractivity contribution in [3.8, 4) is 0 Å². The zero-order valence-electron chi connectivity index (χ0n) is 11.7. The van der Waals surface area contributed by atoms with Gasteiger partial charge in [0.05, 0.1) is 0 Å². The second-order valence-electron chi connectivity index (χ2n) is 4.94. The Balaban J connectivity index is 2.11. The van der Waals surface area contributed by atoms with Crippen LogP contribution in [0.4, 0.5) is 0 Å². The van der Waals surface area contributed by atoms with Gasteiger partial charge in [-0.15, -0.1) is 0 Å². The molecule has 0 bridgehead atoms. The van der Waals surface area contributed by atoms with E-state index in [4.69, 9.17) is 0 Å². The summed E-state index contributed by atoms with van der Waals surface area (Å²) < 4.78 is 0. The normalized spacial score (nSPS) is 10.8. The zero-order chi connectivity index (χ0) is 12.5. The summed E-state index contributed by atoms with van der Waals surface area (Å²) >= 11 is 0. The molecule has 0 unspecified atom stereocenters. The molecule has 1 rings (SSSR count). The zero-order valence-corrected chi connectivity index (χ0v) is 11.7. The number of hydrogen-bond acceptors (Lipinski definition) is 1. The van der Waals surface area contributed by atoms with Gasteiger partial charge in [-0.2, -0.15) is 0 Å². The van der Waals surface area contributed by atoms with Gasteiger partial charge in [0.1, 0.15) is 0 Å². The van der Waals surface area contributed by atoms with Gasteiger partial charge in [-0.1, -0.05) is 38.0 Å². The highest BCUT2D eigenvalue weighted by Gasteiger charge is 1.97. The first-order chi connectivity index (χ1) is 8.24. The van der Waals surface area contributed by atoms with E-state index in [9.17, 15) is 0 Å². The van der Waals surface area contributed by atoms with Crippen molar-refractivity contribution in [3.05, 3.63) is 34.9 Å². The van der Waals surface area contributed by atoms with Crippen LogP contribution in [0.3, 0.4) is 0 Å². The van der Waals surface area contributed by atoms with Crippen molar-refractivity contribution >= 4 is 0 Å².